The minimum atomic E-state index is -0.833. The normalized spacial score (nSPS) is 17.9. The molecule has 1 aromatic rings. The molecule has 0 amide bonds. The van der Waals surface area contributed by atoms with Crippen LogP contribution in [0.2, 0.25) is 0 Å². The van der Waals surface area contributed by atoms with Crippen molar-refractivity contribution in [2.75, 3.05) is 6.54 Å². The topological polar surface area (TPSA) is 40.5 Å². The van der Waals surface area contributed by atoms with Crippen molar-refractivity contribution >= 4 is 5.97 Å². The van der Waals surface area contributed by atoms with Crippen LogP contribution in [0, 0.1) is 5.82 Å². The van der Waals surface area contributed by atoms with Gasteiger partial charge in [-0.15, -0.1) is 0 Å². The highest BCUT2D eigenvalue weighted by atomic mass is 19.1. The van der Waals surface area contributed by atoms with E-state index in [-0.39, 0.29) is 5.82 Å². The molecule has 1 atom stereocenters. The van der Waals surface area contributed by atoms with Gasteiger partial charge in [-0.05, 0) is 36.6 Å². The second-order valence-electron chi connectivity index (χ2n) is 4.15. The maximum absolute atomic E-state index is 13.0. The lowest BCUT2D eigenvalue weighted by Crippen LogP contribution is -2.42. The molecule has 1 aliphatic rings. The van der Waals surface area contributed by atoms with Crippen molar-refractivity contribution in [3.63, 3.8) is 0 Å². The lowest BCUT2D eigenvalue weighted by molar-refractivity contribution is -0.143. The summed E-state index contributed by atoms with van der Waals surface area (Å²) in [5.74, 6) is -1.09. The van der Waals surface area contributed by atoms with Crippen LogP contribution in [0.4, 0.5) is 4.39 Å². The lowest BCUT2D eigenvalue weighted by atomic mass is 9.98. The van der Waals surface area contributed by atoms with Gasteiger partial charge in [-0.25, -0.2) is 4.39 Å². The predicted octanol–water partition coefficient (Wildman–Crippen LogP) is 1.66. The highest BCUT2D eigenvalue weighted by Crippen LogP contribution is 2.21. The van der Waals surface area contributed by atoms with Crippen LogP contribution in [-0.4, -0.2) is 28.6 Å². The molecular formula is C12H14FNO2. The Kier molecular flexibility index (Phi) is 2.92. The number of hydrogen-bond donors (Lipinski definition) is 1. The maximum atomic E-state index is 13.0. The zero-order chi connectivity index (χ0) is 11.7. The maximum Gasteiger partial charge on any atom is 0.320 e. The van der Waals surface area contributed by atoms with Crippen LogP contribution in [0.1, 0.15) is 18.1 Å². The van der Waals surface area contributed by atoms with Crippen molar-refractivity contribution in [2.45, 2.75) is 25.9 Å². The molecule has 2 rings (SSSR count). The molecule has 1 unspecified atom stereocenters. The van der Waals surface area contributed by atoms with Gasteiger partial charge in [-0.1, -0.05) is 6.07 Å². The molecule has 16 heavy (non-hydrogen) atoms. The largest absolute Gasteiger partial charge is 0.480 e. The van der Waals surface area contributed by atoms with Gasteiger partial charge in [0.1, 0.15) is 11.9 Å². The van der Waals surface area contributed by atoms with Gasteiger partial charge in [0.2, 0.25) is 0 Å². The molecule has 0 aromatic heterocycles. The Hall–Kier alpha value is -1.42. The number of halogens is 1. The number of fused-ring (bicyclic) bond motifs is 1. The van der Waals surface area contributed by atoms with Crippen molar-refractivity contribution < 1.29 is 14.3 Å². The second-order valence-corrected chi connectivity index (χ2v) is 4.15. The summed E-state index contributed by atoms with van der Waals surface area (Å²) in [4.78, 5) is 12.7. The first-order valence-corrected chi connectivity index (χ1v) is 5.32. The molecule has 0 saturated carbocycles. The monoisotopic (exact) mass is 223 g/mol. The minimum absolute atomic E-state index is 0.261. The first-order chi connectivity index (χ1) is 7.58. The Bertz CT molecular complexity index is 419. The van der Waals surface area contributed by atoms with Gasteiger partial charge in [0, 0.05) is 13.1 Å². The van der Waals surface area contributed by atoms with E-state index in [1.54, 1.807) is 13.0 Å². The molecule has 4 heteroatoms. The second kappa shape index (κ2) is 4.22. The number of benzene rings is 1. The standard InChI is InChI=1S/C12H14FNO2/c1-8(12(15)16)14-5-4-9-2-3-11(13)6-10(9)7-14/h2-3,6,8H,4-5,7H2,1H3,(H,15,16). The van der Waals surface area contributed by atoms with Gasteiger partial charge in [-0.2, -0.15) is 0 Å². The fourth-order valence-corrected chi connectivity index (χ4v) is 2.03. The van der Waals surface area contributed by atoms with Gasteiger partial charge in [-0.3, -0.25) is 9.69 Å². The third kappa shape index (κ3) is 2.07. The zero-order valence-corrected chi connectivity index (χ0v) is 9.11. The van der Waals surface area contributed by atoms with Gasteiger partial charge in [0.15, 0.2) is 0 Å². The summed E-state index contributed by atoms with van der Waals surface area (Å²) in [6, 6.07) is 4.22. The van der Waals surface area contributed by atoms with Crippen LogP contribution in [0.3, 0.4) is 0 Å². The molecule has 0 radical (unpaired) electrons. The van der Waals surface area contributed by atoms with Crippen LogP contribution in [0.25, 0.3) is 0 Å². The number of carboxylic acid groups (broad SMARTS) is 1. The third-order valence-corrected chi connectivity index (χ3v) is 3.12. The van der Waals surface area contributed by atoms with Crippen molar-refractivity contribution in [3.05, 3.63) is 35.1 Å². The van der Waals surface area contributed by atoms with Crippen LogP contribution in [0.5, 0.6) is 0 Å². The zero-order valence-electron chi connectivity index (χ0n) is 9.11. The van der Waals surface area contributed by atoms with Gasteiger partial charge in [0.25, 0.3) is 0 Å². The summed E-state index contributed by atoms with van der Waals surface area (Å²) in [6.07, 6.45) is 0.785. The fourth-order valence-electron chi connectivity index (χ4n) is 2.03. The first-order valence-electron chi connectivity index (χ1n) is 5.32. The number of aliphatic carboxylic acids is 1. The first kappa shape index (κ1) is 11.1. The summed E-state index contributed by atoms with van der Waals surface area (Å²) >= 11 is 0. The van der Waals surface area contributed by atoms with Gasteiger partial charge >= 0.3 is 5.97 Å². The van der Waals surface area contributed by atoms with E-state index in [2.05, 4.69) is 0 Å². The molecule has 0 aliphatic carbocycles. The quantitative estimate of drug-likeness (QED) is 0.828. The molecule has 0 saturated heterocycles. The van der Waals surface area contributed by atoms with Crippen molar-refractivity contribution in [1.29, 1.82) is 0 Å². The van der Waals surface area contributed by atoms with E-state index >= 15 is 0 Å². The van der Waals surface area contributed by atoms with E-state index in [1.165, 1.54) is 12.1 Å². The SMILES string of the molecule is CC(C(=O)O)N1CCc2ccc(F)cc2C1. The van der Waals surface area contributed by atoms with Crippen molar-refractivity contribution in [3.8, 4) is 0 Å². The van der Waals surface area contributed by atoms with Gasteiger partial charge < -0.3 is 5.11 Å². The molecule has 0 spiro atoms. The number of rotatable bonds is 2. The fraction of sp³-hybridized carbons (Fsp3) is 0.417. The van der Waals surface area contributed by atoms with Crippen molar-refractivity contribution in [2.24, 2.45) is 0 Å². The summed E-state index contributed by atoms with van der Waals surface area (Å²) in [5, 5.41) is 8.92. The van der Waals surface area contributed by atoms with E-state index < -0.39 is 12.0 Å². The van der Waals surface area contributed by atoms with Crippen LogP contribution < -0.4 is 0 Å². The highest BCUT2D eigenvalue weighted by molar-refractivity contribution is 5.72. The Balaban J connectivity index is 2.19. The molecule has 0 bridgehead atoms. The molecule has 3 nitrogen and oxygen atoms in total. The average Bonchev–Trinajstić information content (AvgIpc) is 2.26. The summed E-state index contributed by atoms with van der Waals surface area (Å²) in [7, 11) is 0. The highest BCUT2D eigenvalue weighted by Gasteiger charge is 2.24. The number of hydrogen-bond acceptors (Lipinski definition) is 2. The average molecular weight is 223 g/mol. The molecule has 1 heterocycles. The number of carboxylic acids is 1. The summed E-state index contributed by atoms with van der Waals surface area (Å²) in [5.41, 5.74) is 2.02. The third-order valence-electron chi connectivity index (χ3n) is 3.12. The van der Waals surface area contributed by atoms with Crippen LogP contribution >= 0.6 is 0 Å². The van der Waals surface area contributed by atoms with E-state index in [9.17, 15) is 9.18 Å². The van der Waals surface area contributed by atoms with E-state index in [0.717, 1.165) is 17.5 Å². The number of carbonyl (C=O) groups is 1. The number of nitrogens with zero attached hydrogens (tertiary/aromatic N) is 1. The summed E-state index contributed by atoms with van der Waals surface area (Å²) in [6.45, 7) is 2.89. The van der Waals surface area contributed by atoms with Crippen LogP contribution in [-0.2, 0) is 17.8 Å². The van der Waals surface area contributed by atoms with E-state index in [4.69, 9.17) is 5.11 Å². The Morgan fingerprint density at radius 1 is 1.50 bits per heavy atom. The molecule has 1 N–H and O–H groups in total. The minimum Gasteiger partial charge on any atom is -0.480 e. The smallest absolute Gasteiger partial charge is 0.320 e. The van der Waals surface area contributed by atoms with E-state index in [1.807, 2.05) is 4.90 Å². The Morgan fingerprint density at radius 2 is 2.25 bits per heavy atom. The lowest BCUT2D eigenvalue weighted by Gasteiger charge is -2.31. The van der Waals surface area contributed by atoms with Crippen LogP contribution in [0.15, 0.2) is 18.2 Å². The molecule has 1 aromatic carbocycles. The predicted molar refractivity (Wildman–Crippen MR) is 57.6 cm³/mol. The molecule has 0 fully saturated rings. The van der Waals surface area contributed by atoms with Gasteiger partial charge in [0.05, 0.1) is 0 Å². The summed E-state index contributed by atoms with van der Waals surface area (Å²) < 4.78 is 13.0. The van der Waals surface area contributed by atoms with E-state index in [0.29, 0.717) is 13.1 Å². The van der Waals surface area contributed by atoms with Crippen molar-refractivity contribution in [1.82, 2.24) is 4.90 Å². The molecular weight excluding hydrogens is 209 g/mol. The Morgan fingerprint density at radius 3 is 2.94 bits per heavy atom. The molecule has 86 valence electrons. The Labute approximate surface area is 93.5 Å². The molecule has 1 aliphatic heterocycles.